The predicted octanol–water partition coefficient (Wildman–Crippen LogP) is 3.35. The molecule has 4 unspecified atom stereocenters. The van der Waals surface area contributed by atoms with Crippen LogP contribution >= 0.6 is 0 Å². The minimum Gasteiger partial charge on any atom is -0.377 e. The van der Waals surface area contributed by atoms with E-state index in [4.69, 9.17) is 4.74 Å². The molecule has 0 N–H and O–H groups in total. The first-order valence-electron chi connectivity index (χ1n) is 9.44. The molecule has 2 fully saturated rings. The predicted molar refractivity (Wildman–Crippen MR) is 94.2 cm³/mol. The SMILES string of the molecule is CC(C)C1COC(CC(C)C2CCCCN(C)C2)CN(C)C1. The molecule has 0 aromatic rings. The Balaban J connectivity index is 1.86. The second kappa shape index (κ2) is 8.65. The normalized spacial score (nSPS) is 34.4. The molecule has 0 aromatic carbocycles. The summed E-state index contributed by atoms with van der Waals surface area (Å²) in [5, 5.41) is 0. The number of hydrogen-bond acceptors (Lipinski definition) is 3. The van der Waals surface area contributed by atoms with E-state index in [1.807, 2.05) is 0 Å². The average molecular weight is 311 g/mol. The Bertz CT molecular complexity index is 321. The number of likely N-dealkylation sites (tertiary alicyclic amines) is 1. The zero-order valence-corrected chi connectivity index (χ0v) is 15.6. The third kappa shape index (κ3) is 5.50. The molecular formula is C19H38N2O. The van der Waals surface area contributed by atoms with Crippen LogP contribution in [0.2, 0.25) is 0 Å². The molecule has 4 atom stereocenters. The first-order valence-corrected chi connectivity index (χ1v) is 9.44. The number of rotatable bonds is 4. The summed E-state index contributed by atoms with van der Waals surface area (Å²) in [6, 6.07) is 0. The lowest BCUT2D eigenvalue weighted by Crippen LogP contribution is -2.33. The van der Waals surface area contributed by atoms with E-state index in [-0.39, 0.29) is 0 Å². The van der Waals surface area contributed by atoms with E-state index in [0.717, 1.165) is 25.0 Å². The van der Waals surface area contributed by atoms with Crippen LogP contribution in [-0.2, 0) is 4.74 Å². The fourth-order valence-electron chi connectivity index (χ4n) is 4.18. The van der Waals surface area contributed by atoms with Gasteiger partial charge in [-0.25, -0.2) is 0 Å². The maximum atomic E-state index is 6.31. The summed E-state index contributed by atoms with van der Waals surface area (Å²) in [5.74, 6) is 3.03. The Morgan fingerprint density at radius 1 is 0.955 bits per heavy atom. The molecular weight excluding hydrogens is 272 g/mol. The lowest BCUT2D eigenvalue weighted by molar-refractivity contribution is 0.0168. The van der Waals surface area contributed by atoms with E-state index in [9.17, 15) is 0 Å². The fourth-order valence-corrected chi connectivity index (χ4v) is 4.18. The van der Waals surface area contributed by atoms with Gasteiger partial charge in [-0.15, -0.1) is 0 Å². The van der Waals surface area contributed by atoms with Crippen LogP contribution in [0.3, 0.4) is 0 Å². The maximum absolute atomic E-state index is 6.31. The first kappa shape index (κ1) is 18.2. The monoisotopic (exact) mass is 310 g/mol. The van der Waals surface area contributed by atoms with Gasteiger partial charge < -0.3 is 14.5 Å². The average Bonchev–Trinajstić information content (AvgIpc) is 2.77. The van der Waals surface area contributed by atoms with E-state index in [1.165, 1.54) is 45.3 Å². The molecule has 0 radical (unpaired) electrons. The van der Waals surface area contributed by atoms with Gasteiger partial charge in [0.1, 0.15) is 0 Å². The van der Waals surface area contributed by atoms with Crippen molar-refractivity contribution in [3.8, 4) is 0 Å². The van der Waals surface area contributed by atoms with Crippen LogP contribution in [0.5, 0.6) is 0 Å². The van der Waals surface area contributed by atoms with Gasteiger partial charge in [0, 0.05) is 19.6 Å². The van der Waals surface area contributed by atoms with Crippen molar-refractivity contribution in [3.05, 3.63) is 0 Å². The molecule has 0 aromatic heterocycles. The summed E-state index contributed by atoms with van der Waals surface area (Å²) in [7, 11) is 4.55. The van der Waals surface area contributed by atoms with Gasteiger partial charge in [0.2, 0.25) is 0 Å². The Hall–Kier alpha value is -0.120. The van der Waals surface area contributed by atoms with E-state index >= 15 is 0 Å². The molecule has 0 spiro atoms. The summed E-state index contributed by atoms with van der Waals surface area (Å²) >= 11 is 0. The summed E-state index contributed by atoms with van der Waals surface area (Å²) in [6.45, 7) is 12.9. The highest BCUT2D eigenvalue weighted by atomic mass is 16.5. The molecule has 3 heteroatoms. The molecule has 2 aliphatic rings. The molecule has 2 rings (SSSR count). The molecule has 130 valence electrons. The van der Waals surface area contributed by atoms with Crippen molar-refractivity contribution < 1.29 is 4.74 Å². The van der Waals surface area contributed by atoms with Gasteiger partial charge in [0.25, 0.3) is 0 Å². The molecule has 0 aliphatic carbocycles. The number of nitrogens with zero attached hydrogens (tertiary/aromatic N) is 2. The van der Waals surface area contributed by atoms with E-state index in [2.05, 4.69) is 44.7 Å². The highest BCUT2D eigenvalue weighted by molar-refractivity contribution is 4.80. The van der Waals surface area contributed by atoms with Crippen LogP contribution in [-0.4, -0.2) is 62.8 Å². The number of likely N-dealkylation sites (N-methyl/N-ethyl adjacent to an activating group) is 1. The van der Waals surface area contributed by atoms with Crippen molar-refractivity contribution in [2.24, 2.45) is 23.7 Å². The van der Waals surface area contributed by atoms with Crippen molar-refractivity contribution in [3.63, 3.8) is 0 Å². The van der Waals surface area contributed by atoms with Crippen LogP contribution in [0.4, 0.5) is 0 Å². The van der Waals surface area contributed by atoms with Gasteiger partial charge in [-0.1, -0.05) is 27.2 Å². The lowest BCUT2D eigenvalue weighted by atomic mass is 9.85. The van der Waals surface area contributed by atoms with E-state index < -0.39 is 0 Å². The summed E-state index contributed by atoms with van der Waals surface area (Å²) in [4.78, 5) is 5.03. The Labute approximate surface area is 138 Å². The van der Waals surface area contributed by atoms with Gasteiger partial charge in [0.05, 0.1) is 12.7 Å². The number of hydrogen-bond donors (Lipinski definition) is 0. The molecule has 0 bridgehead atoms. The van der Waals surface area contributed by atoms with Gasteiger partial charge in [0.15, 0.2) is 0 Å². The Kier molecular flexibility index (Phi) is 7.17. The molecule has 2 saturated heterocycles. The highest BCUT2D eigenvalue weighted by Crippen LogP contribution is 2.28. The molecule has 22 heavy (non-hydrogen) atoms. The van der Waals surface area contributed by atoms with Crippen molar-refractivity contribution in [2.45, 2.75) is 52.6 Å². The van der Waals surface area contributed by atoms with Crippen LogP contribution in [0.15, 0.2) is 0 Å². The highest BCUT2D eigenvalue weighted by Gasteiger charge is 2.28. The van der Waals surface area contributed by atoms with Gasteiger partial charge >= 0.3 is 0 Å². The zero-order chi connectivity index (χ0) is 16.1. The van der Waals surface area contributed by atoms with Gasteiger partial charge in [-0.2, -0.15) is 0 Å². The second-order valence-corrected chi connectivity index (χ2v) is 8.41. The molecule has 0 saturated carbocycles. The lowest BCUT2D eigenvalue weighted by Gasteiger charge is -2.29. The zero-order valence-electron chi connectivity index (χ0n) is 15.6. The standard InChI is InChI=1S/C19H38N2O/c1-15(2)18-12-21(5)13-19(22-14-18)10-16(3)17-8-6-7-9-20(4)11-17/h15-19H,6-14H2,1-5H3. The summed E-state index contributed by atoms with van der Waals surface area (Å²) < 4.78 is 6.31. The molecule has 0 amide bonds. The quantitative estimate of drug-likeness (QED) is 0.792. The topological polar surface area (TPSA) is 15.7 Å². The fraction of sp³-hybridized carbons (Fsp3) is 1.00. The second-order valence-electron chi connectivity index (χ2n) is 8.41. The minimum absolute atomic E-state index is 0.428. The molecule has 2 heterocycles. The summed E-state index contributed by atoms with van der Waals surface area (Å²) in [6.07, 6.45) is 5.84. The van der Waals surface area contributed by atoms with Crippen LogP contribution < -0.4 is 0 Å². The van der Waals surface area contributed by atoms with Crippen molar-refractivity contribution in [1.82, 2.24) is 9.80 Å². The van der Waals surface area contributed by atoms with Crippen LogP contribution in [0.1, 0.15) is 46.5 Å². The Morgan fingerprint density at radius 3 is 2.41 bits per heavy atom. The third-order valence-corrected chi connectivity index (χ3v) is 5.90. The van der Waals surface area contributed by atoms with Gasteiger partial charge in [-0.05, 0) is 63.6 Å². The number of ether oxygens (including phenoxy) is 1. The summed E-state index contributed by atoms with van der Waals surface area (Å²) in [5.41, 5.74) is 0. The Morgan fingerprint density at radius 2 is 1.68 bits per heavy atom. The molecule has 2 aliphatic heterocycles. The third-order valence-electron chi connectivity index (χ3n) is 5.90. The van der Waals surface area contributed by atoms with Crippen molar-refractivity contribution in [2.75, 3.05) is 46.9 Å². The van der Waals surface area contributed by atoms with Crippen molar-refractivity contribution >= 4 is 0 Å². The van der Waals surface area contributed by atoms with E-state index in [1.54, 1.807) is 0 Å². The molecule has 3 nitrogen and oxygen atoms in total. The largest absolute Gasteiger partial charge is 0.377 e. The minimum atomic E-state index is 0.428. The van der Waals surface area contributed by atoms with Gasteiger partial charge in [-0.3, -0.25) is 0 Å². The first-order chi connectivity index (χ1) is 10.5. The smallest absolute Gasteiger partial charge is 0.0704 e. The van der Waals surface area contributed by atoms with Crippen LogP contribution in [0, 0.1) is 23.7 Å². The van der Waals surface area contributed by atoms with Crippen LogP contribution in [0.25, 0.3) is 0 Å². The van der Waals surface area contributed by atoms with E-state index in [0.29, 0.717) is 17.9 Å². The maximum Gasteiger partial charge on any atom is 0.0704 e. The van der Waals surface area contributed by atoms with Crippen molar-refractivity contribution in [1.29, 1.82) is 0 Å².